The highest BCUT2D eigenvalue weighted by Crippen LogP contribution is 2.28. The number of halogens is 3. The van der Waals surface area contributed by atoms with Gasteiger partial charge in [-0.05, 0) is 50.1 Å². The Hall–Kier alpha value is -0.680. The highest BCUT2D eigenvalue weighted by molar-refractivity contribution is 9.10. The summed E-state index contributed by atoms with van der Waals surface area (Å²) in [5.41, 5.74) is 1.72. The number of H-pyrrole nitrogens is 1. The Morgan fingerprint density at radius 1 is 1.21 bits per heavy atom. The minimum Gasteiger partial charge on any atom is -0.277 e. The molecule has 14 heavy (non-hydrogen) atoms. The van der Waals surface area contributed by atoms with E-state index in [1.165, 1.54) is 6.07 Å². The topological polar surface area (TPSA) is 28.7 Å². The first-order chi connectivity index (χ1) is 6.68. The molecule has 1 aromatic heterocycles. The Bertz CT molecular complexity index is 468. The molecule has 0 unspecified atom stereocenters. The highest BCUT2D eigenvalue weighted by atomic mass is 79.9. The molecule has 0 saturated heterocycles. The van der Waals surface area contributed by atoms with Crippen molar-refractivity contribution < 1.29 is 4.39 Å². The molecule has 0 radical (unpaired) electrons. The van der Waals surface area contributed by atoms with E-state index in [1.54, 1.807) is 18.3 Å². The standard InChI is InChI=1S/C9H5Br2FN2/c10-6-3-5(1-2-8(6)12)9-7(11)4-13-14-9/h1-4H,(H,13,14). The van der Waals surface area contributed by atoms with Crippen LogP contribution < -0.4 is 0 Å². The van der Waals surface area contributed by atoms with Crippen molar-refractivity contribution in [2.45, 2.75) is 0 Å². The van der Waals surface area contributed by atoms with Crippen molar-refractivity contribution in [2.24, 2.45) is 0 Å². The lowest BCUT2D eigenvalue weighted by atomic mass is 10.1. The molecule has 0 fully saturated rings. The average molecular weight is 320 g/mol. The molecule has 0 bridgehead atoms. The summed E-state index contributed by atoms with van der Waals surface area (Å²) in [6.45, 7) is 0. The molecular weight excluding hydrogens is 315 g/mol. The van der Waals surface area contributed by atoms with Gasteiger partial charge in [0.1, 0.15) is 5.82 Å². The summed E-state index contributed by atoms with van der Waals surface area (Å²) < 4.78 is 14.3. The van der Waals surface area contributed by atoms with Crippen molar-refractivity contribution >= 4 is 31.9 Å². The zero-order valence-corrected chi connectivity index (χ0v) is 10.1. The van der Waals surface area contributed by atoms with Crippen molar-refractivity contribution in [3.63, 3.8) is 0 Å². The molecule has 2 rings (SSSR count). The fourth-order valence-electron chi connectivity index (χ4n) is 1.13. The summed E-state index contributed by atoms with van der Waals surface area (Å²) in [6, 6.07) is 4.80. The third kappa shape index (κ3) is 1.74. The number of nitrogens with one attached hydrogen (secondary N) is 1. The highest BCUT2D eigenvalue weighted by Gasteiger charge is 2.07. The van der Waals surface area contributed by atoms with Crippen LogP contribution >= 0.6 is 31.9 Å². The maximum absolute atomic E-state index is 13.0. The van der Waals surface area contributed by atoms with E-state index >= 15 is 0 Å². The lowest BCUT2D eigenvalue weighted by Gasteiger charge is -2.00. The number of benzene rings is 1. The summed E-state index contributed by atoms with van der Waals surface area (Å²) >= 11 is 6.47. The van der Waals surface area contributed by atoms with Gasteiger partial charge in [-0.2, -0.15) is 5.10 Å². The van der Waals surface area contributed by atoms with Crippen LogP contribution in [0.1, 0.15) is 0 Å². The Kier molecular flexibility index (Phi) is 2.69. The molecule has 0 spiro atoms. The van der Waals surface area contributed by atoms with Crippen LogP contribution in [0, 0.1) is 5.82 Å². The second-order valence-electron chi connectivity index (χ2n) is 2.72. The van der Waals surface area contributed by atoms with Gasteiger partial charge in [-0.1, -0.05) is 0 Å². The minimum absolute atomic E-state index is 0.274. The summed E-state index contributed by atoms with van der Waals surface area (Å²) in [5, 5.41) is 6.70. The quantitative estimate of drug-likeness (QED) is 0.852. The van der Waals surface area contributed by atoms with E-state index in [9.17, 15) is 4.39 Å². The van der Waals surface area contributed by atoms with Gasteiger partial charge in [0, 0.05) is 5.56 Å². The number of rotatable bonds is 1. The van der Waals surface area contributed by atoms with Crippen LogP contribution in [0.15, 0.2) is 33.3 Å². The molecule has 1 aromatic carbocycles. The van der Waals surface area contributed by atoms with Gasteiger partial charge in [0.05, 0.1) is 20.8 Å². The van der Waals surface area contributed by atoms with E-state index < -0.39 is 0 Å². The van der Waals surface area contributed by atoms with E-state index in [0.717, 1.165) is 15.7 Å². The molecule has 2 aromatic rings. The molecule has 2 nitrogen and oxygen atoms in total. The third-order valence-electron chi connectivity index (χ3n) is 1.80. The van der Waals surface area contributed by atoms with Crippen LogP contribution in [0.2, 0.25) is 0 Å². The van der Waals surface area contributed by atoms with E-state index in [-0.39, 0.29) is 5.82 Å². The zero-order chi connectivity index (χ0) is 10.1. The summed E-state index contributed by atoms with van der Waals surface area (Å²) in [5.74, 6) is -0.274. The molecule has 0 aliphatic heterocycles. The van der Waals surface area contributed by atoms with E-state index in [4.69, 9.17) is 0 Å². The second-order valence-corrected chi connectivity index (χ2v) is 4.43. The van der Waals surface area contributed by atoms with Gasteiger partial charge in [-0.3, -0.25) is 5.10 Å². The van der Waals surface area contributed by atoms with Crippen LogP contribution in [-0.4, -0.2) is 10.2 Å². The normalized spacial score (nSPS) is 10.5. The van der Waals surface area contributed by atoms with Gasteiger partial charge in [-0.15, -0.1) is 0 Å². The van der Waals surface area contributed by atoms with Gasteiger partial charge in [0.25, 0.3) is 0 Å². The van der Waals surface area contributed by atoms with Crippen molar-refractivity contribution in [2.75, 3.05) is 0 Å². The Morgan fingerprint density at radius 3 is 2.57 bits per heavy atom. The maximum atomic E-state index is 13.0. The lowest BCUT2D eigenvalue weighted by Crippen LogP contribution is -1.82. The van der Waals surface area contributed by atoms with Crippen molar-refractivity contribution in [1.82, 2.24) is 10.2 Å². The molecule has 1 N–H and O–H groups in total. The van der Waals surface area contributed by atoms with E-state index in [1.807, 2.05) is 0 Å². The second kappa shape index (κ2) is 3.82. The monoisotopic (exact) mass is 318 g/mol. The van der Waals surface area contributed by atoms with Crippen LogP contribution in [-0.2, 0) is 0 Å². The first-order valence-electron chi connectivity index (χ1n) is 3.83. The molecule has 0 aliphatic carbocycles. The SMILES string of the molecule is Fc1ccc(-c2[nH]ncc2Br)cc1Br. The average Bonchev–Trinajstić information content (AvgIpc) is 2.57. The molecule has 72 valence electrons. The summed E-state index contributed by atoms with van der Waals surface area (Å²) in [4.78, 5) is 0. The minimum atomic E-state index is -0.274. The van der Waals surface area contributed by atoms with Gasteiger partial charge in [-0.25, -0.2) is 4.39 Å². The number of hydrogen-bond donors (Lipinski definition) is 1. The fourth-order valence-corrected chi connectivity index (χ4v) is 1.92. The number of aromatic amines is 1. The number of aromatic nitrogens is 2. The smallest absolute Gasteiger partial charge is 0.137 e. The molecule has 0 saturated carbocycles. The first-order valence-corrected chi connectivity index (χ1v) is 5.41. The number of hydrogen-bond acceptors (Lipinski definition) is 1. The maximum Gasteiger partial charge on any atom is 0.137 e. The largest absolute Gasteiger partial charge is 0.277 e. The molecular formula is C9H5Br2FN2. The Labute approximate surface area is 96.8 Å². The molecule has 0 aliphatic rings. The molecule has 5 heteroatoms. The van der Waals surface area contributed by atoms with Crippen molar-refractivity contribution in [3.8, 4) is 11.3 Å². The van der Waals surface area contributed by atoms with Gasteiger partial charge in [0.2, 0.25) is 0 Å². The van der Waals surface area contributed by atoms with Crippen LogP contribution in [0.5, 0.6) is 0 Å². The van der Waals surface area contributed by atoms with Crippen molar-refractivity contribution in [1.29, 1.82) is 0 Å². The van der Waals surface area contributed by atoms with Crippen LogP contribution in [0.4, 0.5) is 4.39 Å². The van der Waals surface area contributed by atoms with Gasteiger partial charge in [0.15, 0.2) is 0 Å². The predicted molar refractivity (Wildman–Crippen MR) is 59.4 cm³/mol. The van der Waals surface area contributed by atoms with E-state index in [0.29, 0.717) is 4.47 Å². The molecule has 0 atom stereocenters. The van der Waals surface area contributed by atoms with Crippen molar-refractivity contribution in [3.05, 3.63) is 39.2 Å². The third-order valence-corrected chi connectivity index (χ3v) is 3.01. The molecule has 0 amide bonds. The fraction of sp³-hybridized carbons (Fsp3) is 0. The van der Waals surface area contributed by atoms with E-state index in [2.05, 4.69) is 42.1 Å². The number of nitrogens with zero attached hydrogens (tertiary/aromatic N) is 1. The van der Waals surface area contributed by atoms with Gasteiger partial charge >= 0.3 is 0 Å². The predicted octanol–water partition coefficient (Wildman–Crippen LogP) is 3.74. The summed E-state index contributed by atoms with van der Waals surface area (Å²) in [6.07, 6.45) is 1.66. The van der Waals surface area contributed by atoms with Gasteiger partial charge < -0.3 is 0 Å². The molecule has 1 heterocycles. The lowest BCUT2D eigenvalue weighted by molar-refractivity contribution is 0.621. The summed E-state index contributed by atoms with van der Waals surface area (Å²) in [7, 11) is 0. The first kappa shape index (κ1) is 9.86. The Balaban J connectivity index is 2.53. The Morgan fingerprint density at radius 2 is 2.00 bits per heavy atom. The zero-order valence-electron chi connectivity index (χ0n) is 6.89. The van der Waals surface area contributed by atoms with Crippen LogP contribution in [0.3, 0.4) is 0 Å². The van der Waals surface area contributed by atoms with Crippen LogP contribution in [0.25, 0.3) is 11.3 Å².